The van der Waals surface area contributed by atoms with Gasteiger partial charge in [-0.15, -0.1) is 0 Å². The number of rotatable bonds is 5. The number of aromatic nitrogens is 2. The smallest absolute Gasteiger partial charge is 0.240 e. The van der Waals surface area contributed by atoms with E-state index in [1.165, 1.54) is 0 Å². The largest absolute Gasteiger partial charge is 0.369 e. The van der Waals surface area contributed by atoms with Crippen LogP contribution in [0.3, 0.4) is 0 Å². The van der Waals surface area contributed by atoms with Gasteiger partial charge in [0.2, 0.25) is 11.8 Å². The third kappa shape index (κ3) is 3.71. The van der Waals surface area contributed by atoms with Crippen molar-refractivity contribution in [3.8, 4) is 0 Å². The molecule has 1 aromatic heterocycles. The fourth-order valence-electron chi connectivity index (χ4n) is 2.77. The summed E-state index contributed by atoms with van der Waals surface area (Å²) in [6.07, 6.45) is 2.29. The highest BCUT2D eigenvalue weighted by molar-refractivity contribution is 5.76. The average Bonchev–Trinajstić information content (AvgIpc) is 2.96. The number of likely N-dealkylation sites (tertiary alicyclic amines) is 1. The highest BCUT2D eigenvalue weighted by Crippen LogP contribution is 2.18. The number of nitrogens with zero attached hydrogens (tertiary/aromatic N) is 3. The zero-order valence-corrected chi connectivity index (χ0v) is 12.4. The first-order chi connectivity index (χ1) is 10.7. The van der Waals surface area contributed by atoms with Gasteiger partial charge in [0.15, 0.2) is 5.82 Å². The van der Waals surface area contributed by atoms with Gasteiger partial charge in [0.1, 0.15) is 0 Å². The Morgan fingerprint density at radius 1 is 1.27 bits per heavy atom. The summed E-state index contributed by atoms with van der Waals surface area (Å²) in [5.74, 6) is 1.15. The topological polar surface area (TPSA) is 85.3 Å². The molecule has 0 atom stereocenters. The maximum absolute atomic E-state index is 11.2. The summed E-state index contributed by atoms with van der Waals surface area (Å²) in [5, 5.41) is 4.03. The van der Waals surface area contributed by atoms with Crippen molar-refractivity contribution in [1.29, 1.82) is 0 Å². The van der Waals surface area contributed by atoms with Gasteiger partial charge in [0, 0.05) is 12.3 Å². The van der Waals surface area contributed by atoms with E-state index in [0.29, 0.717) is 24.7 Å². The number of carbonyl (C=O) groups is 1. The maximum Gasteiger partial charge on any atom is 0.240 e. The molecule has 0 spiro atoms. The normalized spacial score (nSPS) is 16.7. The van der Waals surface area contributed by atoms with Gasteiger partial charge in [-0.2, -0.15) is 4.98 Å². The second-order valence-corrected chi connectivity index (χ2v) is 5.72. The lowest BCUT2D eigenvalue weighted by molar-refractivity contribution is -0.123. The van der Waals surface area contributed by atoms with Crippen molar-refractivity contribution in [2.45, 2.75) is 25.8 Å². The number of carbonyl (C=O) groups excluding carboxylic acids is 1. The Morgan fingerprint density at radius 3 is 2.68 bits per heavy atom. The Labute approximate surface area is 129 Å². The van der Waals surface area contributed by atoms with E-state index >= 15 is 0 Å². The van der Waals surface area contributed by atoms with Crippen LogP contribution in [0, 0.1) is 5.92 Å². The fourth-order valence-corrected chi connectivity index (χ4v) is 2.77. The third-order valence-corrected chi connectivity index (χ3v) is 4.06. The molecule has 6 nitrogen and oxygen atoms in total. The number of nitrogens with two attached hydrogens (primary N) is 1. The monoisotopic (exact) mass is 300 g/mol. The van der Waals surface area contributed by atoms with E-state index < -0.39 is 0 Å². The van der Waals surface area contributed by atoms with Gasteiger partial charge in [0.05, 0.1) is 6.54 Å². The van der Waals surface area contributed by atoms with Crippen molar-refractivity contribution in [3.05, 3.63) is 47.6 Å². The second-order valence-electron chi connectivity index (χ2n) is 5.72. The maximum atomic E-state index is 11.2. The third-order valence-electron chi connectivity index (χ3n) is 4.06. The summed E-state index contributed by atoms with van der Waals surface area (Å²) in [5.41, 5.74) is 6.51. The Bertz CT molecular complexity index is 618. The lowest BCUT2D eigenvalue weighted by Gasteiger charge is -2.29. The molecule has 3 rings (SSSR count). The van der Waals surface area contributed by atoms with Crippen LogP contribution in [-0.4, -0.2) is 34.0 Å². The SMILES string of the molecule is NC(=O)C1CCN(Cc2nc(Cc3ccccc3)no2)CC1. The van der Waals surface area contributed by atoms with Crippen molar-refractivity contribution < 1.29 is 9.32 Å². The van der Waals surface area contributed by atoms with Gasteiger partial charge in [-0.05, 0) is 31.5 Å². The molecule has 2 aromatic rings. The Kier molecular flexibility index (Phi) is 4.48. The summed E-state index contributed by atoms with van der Waals surface area (Å²) in [4.78, 5) is 17.8. The molecule has 0 saturated carbocycles. The van der Waals surface area contributed by atoms with Crippen LogP contribution in [0.15, 0.2) is 34.9 Å². The zero-order valence-electron chi connectivity index (χ0n) is 12.4. The van der Waals surface area contributed by atoms with Crippen molar-refractivity contribution in [2.75, 3.05) is 13.1 Å². The number of hydrogen-bond donors (Lipinski definition) is 1. The van der Waals surface area contributed by atoms with E-state index in [0.717, 1.165) is 31.5 Å². The van der Waals surface area contributed by atoms with Crippen molar-refractivity contribution >= 4 is 5.91 Å². The van der Waals surface area contributed by atoms with Crippen LogP contribution in [0.5, 0.6) is 0 Å². The lowest BCUT2D eigenvalue weighted by atomic mass is 9.96. The highest BCUT2D eigenvalue weighted by Gasteiger charge is 2.24. The number of primary amides is 1. The van der Waals surface area contributed by atoms with Crippen LogP contribution in [-0.2, 0) is 17.8 Å². The van der Waals surface area contributed by atoms with Crippen molar-refractivity contribution in [3.63, 3.8) is 0 Å². The first-order valence-electron chi connectivity index (χ1n) is 7.58. The molecule has 1 aromatic carbocycles. The van der Waals surface area contributed by atoms with Gasteiger partial charge in [-0.3, -0.25) is 9.69 Å². The van der Waals surface area contributed by atoms with Gasteiger partial charge in [-0.25, -0.2) is 0 Å². The summed E-state index contributed by atoms with van der Waals surface area (Å²) < 4.78 is 5.32. The lowest BCUT2D eigenvalue weighted by Crippen LogP contribution is -2.38. The summed E-state index contributed by atoms with van der Waals surface area (Å²) in [6.45, 7) is 2.31. The van der Waals surface area contributed by atoms with Crippen LogP contribution in [0.1, 0.15) is 30.1 Å². The van der Waals surface area contributed by atoms with Gasteiger partial charge < -0.3 is 10.3 Å². The predicted molar refractivity (Wildman–Crippen MR) is 80.7 cm³/mol. The van der Waals surface area contributed by atoms with E-state index in [2.05, 4.69) is 15.0 Å². The molecule has 1 fully saturated rings. The molecule has 6 heteroatoms. The molecule has 0 unspecified atom stereocenters. The molecule has 1 aliphatic rings. The molecule has 1 saturated heterocycles. The molecule has 1 amide bonds. The van der Waals surface area contributed by atoms with E-state index in [1.807, 2.05) is 30.3 Å². The molecular formula is C16H20N4O2. The Balaban J connectivity index is 1.53. The summed E-state index contributed by atoms with van der Waals surface area (Å²) in [6, 6.07) is 10.1. The van der Waals surface area contributed by atoms with Crippen LogP contribution in [0.25, 0.3) is 0 Å². The van der Waals surface area contributed by atoms with E-state index in [1.54, 1.807) is 0 Å². The molecule has 0 aliphatic carbocycles. The molecule has 0 radical (unpaired) electrons. The molecule has 1 aliphatic heterocycles. The Hall–Kier alpha value is -2.21. The minimum absolute atomic E-state index is 0.00702. The first-order valence-corrected chi connectivity index (χ1v) is 7.58. The number of piperidine rings is 1. The van der Waals surface area contributed by atoms with Crippen molar-refractivity contribution in [1.82, 2.24) is 15.0 Å². The molecule has 0 bridgehead atoms. The predicted octanol–water partition coefficient (Wildman–Crippen LogP) is 1.36. The van der Waals surface area contributed by atoms with Crippen molar-refractivity contribution in [2.24, 2.45) is 11.7 Å². The second kappa shape index (κ2) is 6.70. The number of benzene rings is 1. The molecule has 2 N–H and O–H groups in total. The fraction of sp³-hybridized carbons (Fsp3) is 0.438. The van der Waals surface area contributed by atoms with E-state index in [4.69, 9.17) is 10.3 Å². The van der Waals surface area contributed by atoms with Crippen LogP contribution < -0.4 is 5.73 Å². The highest BCUT2D eigenvalue weighted by atomic mass is 16.5. The molecular weight excluding hydrogens is 280 g/mol. The molecule has 2 heterocycles. The molecule has 116 valence electrons. The van der Waals surface area contributed by atoms with Crippen LogP contribution in [0.2, 0.25) is 0 Å². The zero-order chi connectivity index (χ0) is 15.4. The summed E-state index contributed by atoms with van der Waals surface area (Å²) in [7, 11) is 0. The first kappa shape index (κ1) is 14.7. The standard InChI is InChI=1S/C16H20N4O2/c17-16(21)13-6-8-20(9-7-13)11-15-18-14(19-22-15)10-12-4-2-1-3-5-12/h1-5,13H,6-11H2,(H2,17,21). The van der Waals surface area contributed by atoms with Gasteiger partial charge in [0.25, 0.3) is 0 Å². The number of hydrogen-bond acceptors (Lipinski definition) is 5. The van der Waals surface area contributed by atoms with Gasteiger partial charge in [-0.1, -0.05) is 35.5 Å². The van der Waals surface area contributed by atoms with E-state index in [9.17, 15) is 4.79 Å². The Morgan fingerprint density at radius 2 is 2.00 bits per heavy atom. The van der Waals surface area contributed by atoms with Crippen LogP contribution >= 0.6 is 0 Å². The quantitative estimate of drug-likeness (QED) is 0.901. The number of amides is 1. The van der Waals surface area contributed by atoms with Crippen LogP contribution in [0.4, 0.5) is 0 Å². The summed E-state index contributed by atoms with van der Waals surface area (Å²) >= 11 is 0. The average molecular weight is 300 g/mol. The molecule has 22 heavy (non-hydrogen) atoms. The minimum atomic E-state index is -0.192. The van der Waals surface area contributed by atoms with E-state index in [-0.39, 0.29) is 11.8 Å². The minimum Gasteiger partial charge on any atom is -0.369 e. The van der Waals surface area contributed by atoms with Gasteiger partial charge >= 0.3 is 0 Å².